The molecule has 0 unspecified atom stereocenters. The van der Waals surface area contributed by atoms with Gasteiger partial charge in [0.25, 0.3) is 0 Å². The van der Waals surface area contributed by atoms with E-state index in [2.05, 4.69) is 9.84 Å². The number of ketones is 1. The third-order valence-electron chi connectivity index (χ3n) is 2.31. The summed E-state index contributed by atoms with van der Waals surface area (Å²) in [5.41, 5.74) is 0.383. The van der Waals surface area contributed by atoms with Crippen LogP contribution in [0.4, 0.5) is 8.78 Å². The predicted octanol–water partition coefficient (Wildman–Crippen LogP) is 3.02. The molecule has 1 aromatic heterocycles. The smallest absolute Gasteiger partial charge is 0.387 e. The van der Waals surface area contributed by atoms with E-state index in [0.717, 1.165) is 0 Å². The molecular formula is C12H9ClF2N2O2. The van der Waals surface area contributed by atoms with Gasteiger partial charge >= 0.3 is 6.61 Å². The summed E-state index contributed by atoms with van der Waals surface area (Å²) in [7, 11) is 0. The summed E-state index contributed by atoms with van der Waals surface area (Å²) in [6.45, 7) is -2.85. The van der Waals surface area contributed by atoms with E-state index in [4.69, 9.17) is 11.6 Å². The molecule has 19 heavy (non-hydrogen) atoms. The summed E-state index contributed by atoms with van der Waals surface area (Å²) in [6.07, 6.45) is 2.95. The number of carbonyl (C=O) groups excluding carboxylic acids is 1. The number of ether oxygens (including phenoxy) is 1. The van der Waals surface area contributed by atoms with Crippen LogP contribution in [0, 0.1) is 0 Å². The molecule has 2 rings (SSSR count). The lowest BCUT2D eigenvalue weighted by molar-refractivity contribution is -0.0498. The van der Waals surface area contributed by atoms with Crippen molar-refractivity contribution in [2.75, 3.05) is 0 Å². The molecule has 0 atom stereocenters. The van der Waals surface area contributed by atoms with E-state index in [1.165, 1.54) is 41.3 Å². The van der Waals surface area contributed by atoms with Crippen LogP contribution in [-0.2, 0) is 6.54 Å². The Labute approximate surface area is 112 Å². The molecule has 0 aliphatic carbocycles. The van der Waals surface area contributed by atoms with E-state index >= 15 is 0 Å². The summed E-state index contributed by atoms with van der Waals surface area (Å²) >= 11 is 5.68. The number of carbonyl (C=O) groups is 1. The summed E-state index contributed by atoms with van der Waals surface area (Å²) < 4.78 is 29.5. The fourth-order valence-corrected chi connectivity index (χ4v) is 1.64. The first-order valence-electron chi connectivity index (χ1n) is 5.30. The highest BCUT2D eigenvalue weighted by Gasteiger charge is 2.09. The molecule has 0 saturated carbocycles. The quantitative estimate of drug-likeness (QED) is 0.794. The molecule has 0 bridgehead atoms. The SMILES string of the molecule is O=C(Cn1cc(Cl)cn1)c1ccc(OC(F)F)cc1. The molecule has 0 radical (unpaired) electrons. The zero-order valence-electron chi connectivity index (χ0n) is 9.59. The van der Waals surface area contributed by atoms with Crippen LogP contribution in [0.2, 0.25) is 5.02 Å². The molecule has 1 heterocycles. The molecule has 0 fully saturated rings. The Kier molecular flexibility index (Phi) is 4.11. The number of halogens is 3. The van der Waals surface area contributed by atoms with Crippen molar-refractivity contribution < 1.29 is 18.3 Å². The van der Waals surface area contributed by atoms with Gasteiger partial charge in [-0.05, 0) is 24.3 Å². The molecule has 7 heteroatoms. The number of nitrogens with zero attached hydrogens (tertiary/aromatic N) is 2. The van der Waals surface area contributed by atoms with Gasteiger partial charge in [-0.2, -0.15) is 13.9 Å². The first-order chi connectivity index (χ1) is 9.04. The van der Waals surface area contributed by atoms with Crippen LogP contribution in [0.15, 0.2) is 36.7 Å². The van der Waals surface area contributed by atoms with E-state index in [1.807, 2.05) is 0 Å². The van der Waals surface area contributed by atoms with Gasteiger partial charge in [-0.15, -0.1) is 0 Å². The van der Waals surface area contributed by atoms with E-state index in [0.29, 0.717) is 10.6 Å². The number of Topliss-reactive ketones (excluding diaryl/α,β-unsaturated/α-hetero) is 1. The summed E-state index contributed by atoms with van der Waals surface area (Å²) in [4.78, 5) is 11.9. The van der Waals surface area contributed by atoms with Gasteiger partial charge < -0.3 is 4.74 Å². The monoisotopic (exact) mass is 286 g/mol. The Hall–Kier alpha value is -1.95. The van der Waals surface area contributed by atoms with Crippen molar-refractivity contribution >= 4 is 17.4 Å². The highest BCUT2D eigenvalue weighted by molar-refractivity contribution is 6.30. The zero-order valence-corrected chi connectivity index (χ0v) is 10.3. The Morgan fingerprint density at radius 3 is 2.58 bits per heavy atom. The second-order valence-electron chi connectivity index (χ2n) is 3.68. The lowest BCUT2D eigenvalue weighted by Crippen LogP contribution is -2.10. The van der Waals surface area contributed by atoms with Crippen molar-refractivity contribution in [3.05, 3.63) is 47.2 Å². The first kappa shape index (κ1) is 13.5. The minimum atomic E-state index is -2.88. The van der Waals surface area contributed by atoms with Crippen LogP contribution in [0.25, 0.3) is 0 Å². The number of benzene rings is 1. The van der Waals surface area contributed by atoms with Crippen molar-refractivity contribution in [2.24, 2.45) is 0 Å². The molecular weight excluding hydrogens is 278 g/mol. The van der Waals surface area contributed by atoms with E-state index in [1.54, 1.807) is 0 Å². The summed E-state index contributed by atoms with van der Waals surface area (Å²) in [5.74, 6) is -0.197. The average Bonchev–Trinajstić information content (AvgIpc) is 2.75. The minimum Gasteiger partial charge on any atom is -0.435 e. The van der Waals surface area contributed by atoms with Gasteiger partial charge in [0.05, 0.1) is 11.2 Å². The van der Waals surface area contributed by atoms with Crippen molar-refractivity contribution in [3.8, 4) is 5.75 Å². The Morgan fingerprint density at radius 1 is 1.37 bits per heavy atom. The molecule has 0 aliphatic heterocycles. The molecule has 4 nitrogen and oxygen atoms in total. The van der Waals surface area contributed by atoms with Crippen molar-refractivity contribution in [1.29, 1.82) is 0 Å². The van der Waals surface area contributed by atoms with Crippen molar-refractivity contribution in [2.45, 2.75) is 13.2 Å². The number of hydrogen-bond acceptors (Lipinski definition) is 3. The fourth-order valence-electron chi connectivity index (χ4n) is 1.49. The molecule has 0 aliphatic rings. The van der Waals surface area contributed by atoms with E-state index in [9.17, 15) is 13.6 Å². The maximum atomic E-state index is 12.0. The number of hydrogen-bond donors (Lipinski definition) is 0. The van der Waals surface area contributed by atoms with Gasteiger partial charge in [0.1, 0.15) is 12.3 Å². The number of rotatable bonds is 5. The molecule has 1 aromatic carbocycles. The van der Waals surface area contributed by atoms with Gasteiger partial charge in [0, 0.05) is 11.8 Å². The van der Waals surface area contributed by atoms with E-state index in [-0.39, 0.29) is 18.1 Å². The maximum Gasteiger partial charge on any atom is 0.387 e. The Balaban J connectivity index is 2.03. The van der Waals surface area contributed by atoms with Gasteiger partial charge in [0.2, 0.25) is 0 Å². The topological polar surface area (TPSA) is 44.1 Å². The highest BCUT2D eigenvalue weighted by Crippen LogP contribution is 2.15. The molecule has 0 N–H and O–H groups in total. The summed E-state index contributed by atoms with van der Waals surface area (Å²) in [5, 5.41) is 4.32. The summed E-state index contributed by atoms with van der Waals surface area (Å²) in [6, 6.07) is 5.47. The van der Waals surface area contributed by atoms with Crippen LogP contribution in [0.5, 0.6) is 5.75 Å². The molecule has 0 amide bonds. The third-order valence-corrected chi connectivity index (χ3v) is 2.50. The lowest BCUT2D eigenvalue weighted by atomic mass is 10.1. The van der Waals surface area contributed by atoms with Crippen LogP contribution in [0.3, 0.4) is 0 Å². The van der Waals surface area contributed by atoms with Crippen LogP contribution in [-0.4, -0.2) is 22.2 Å². The number of aromatic nitrogens is 2. The van der Waals surface area contributed by atoms with Gasteiger partial charge in [-0.3, -0.25) is 9.48 Å². The standard InChI is InChI=1S/C12H9ClF2N2O2/c13-9-5-16-17(6-9)7-11(18)8-1-3-10(4-2-8)19-12(14)15/h1-6,12H,7H2. The van der Waals surface area contributed by atoms with Gasteiger partial charge in [-0.1, -0.05) is 11.6 Å². The van der Waals surface area contributed by atoms with Crippen LogP contribution < -0.4 is 4.74 Å². The van der Waals surface area contributed by atoms with Gasteiger partial charge in [0.15, 0.2) is 5.78 Å². The Morgan fingerprint density at radius 2 is 2.05 bits per heavy atom. The van der Waals surface area contributed by atoms with E-state index < -0.39 is 6.61 Å². The van der Waals surface area contributed by atoms with Crippen molar-refractivity contribution in [3.63, 3.8) is 0 Å². The first-order valence-corrected chi connectivity index (χ1v) is 5.68. The fraction of sp³-hybridized carbons (Fsp3) is 0.167. The molecule has 0 spiro atoms. The normalized spacial score (nSPS) is 10.7. The second-order valence-corrected chi connectivity index (χ2v) is 4.12. The highest BCUT2D eigenvalue weighted by atomic mass is 35.5. The minimum absolute atomic E-state index is 0.00804. The molecule has 100 valence electrons. The predicted molar refractivity (Wildman–Crippen MR) is 64.6 cm³/mol. The lowest BCUT2D eigenvalue weighted by Gasteiger charge is -2.05. The Bertz CT molecular complexity index is 569. The zero-order chi connectivity index (χ0) is 13.8. The second kappa shape index (κ2) is 5.79. The molecule has 0 saturated heterocycles. The molecule has 2 aromatic rings. The third kappa shape index (κ3) is 3.75. The van der Waals surface area contributed by atoms with Crippen LogP contribution >= 0.6 is 11.6 Å². The largest absolute Gasteiger partial charge is 0.435 e. The van der Waals surface area contributed by atoms with Crippen LogP contribution in [0.1, 0.15) is 10.4 Å². The number of alkyl halides is 2. The van der Waals surface area contributed by atoms with Crippen molar-refractivity contribution in [1.82, 2.24) is 9.78 Å². The van der Waals surface area contributed by atoms with Gasteiger partial charge in [-0.25, -0.2) is 0 Å². The maximum absolute atomic E-state index is 12.0. The average molecular weight is 287 g/mol.